The molecule has 0 unspecified atom stereocenters. The van der Waals surface area contributed by atoms with Crippen LogP contribution >= 0.6 is 0 Å². The Labute approximate surface area is 131 Å². The van der Waals surface area contributed by atoms with E-state index >= 15 is 0 Å². The molecule has 1 saturated heterocycles. The lowest BCUT2D eigenvalue weighted by Gasteiger charge is -2.33. The largest absolute Gasteiger partial charge is 0.441 e. The number of aliphatic hydroxyl groups excluding tert-OH is 1. The number of benzene rings is 1. The first-order valence-corrected chi connectivity index (χ1v) is 8.05. The van der Waals surface area contributed by atoms with Crippen molar-refractivity contribution in [3.8, 4) is 11.5 Å². The van der Waals surface area contributed by atoms with Crippen LogP contribution in [0.5, 0.6) is 0 Å². The molecule has 4 heteroatoms. The summed E-state index contributed by atoms with van der Waals surface area (Å²) in [7, 11) is 0. The summed E-state index contributed by atoms with van der Waals surface area (Å²) in [6.45, 7) is 6.05. The Morgan fingerprint density at radius 1 is 1.32 bits per heavy atom. The molecular weight excluding hydrogens is 276 g/mol. The molecule has 2 aromatic rings. The van der Waals surface area contributed by atoms with E-state index < -0.39 is 0 Å². The third-order valence-electron chi connectivity index (χ3n) is 4.47. The monoisotopic (exact) mass is 300 g/mol. The first-order chi connectivity index (χ1) is 10.7. The molecular formula is C18H24N2O2. The maximum atomic E-state index is 9.54. The highest BCUT2D eigenvalue weighted by Gasteiger charge is 2.24. The van der Waals surface area contributed by atoms with Crippen molar-refractivity contribution in [3.05, 3.63) is 41.3 Å². The van der Waals surface area contributed by atoms with Crippen molar-refractivity contribution < 1.29 is 9.52 Å². The van der Waals surface area contributed by atoms with E-state index in [1.807, 2.05) is 19.1 Å². The Balaban J connectivity index is 1.80. The van der Waals surface area contributed by atoms with E-state index in [0.717, 1.165) is 36.5 Å². The van der Waals surface area contributed by atoms with Crippen molar-refractivity contribution in [2.24, 2.45) is 0 Å². The standard InChI is InChI=1S/C18H24N2O2/c1-13-6-5-7-15(10-13)18-19-17(14(2)22-18)11-20-9-4-3-8-16(20)12-21/h5-7,10,16,21H,3-4,8-9,11-12H2,1-2H3/t16-/m0/s1. The van der Waals surface area contributed by atoms with Crippen molar-refractivity contribution in [2.45, 2.75) is 45.7 Å². The van der Waals surface area contributed by atoms with Crippen LogP contribution in [0.1, 0.15) is 36.3 Å². The molecule has 3 rings (SSSR count). The third-order valence-corrected chi connectivity index (χ3v) is 4.47. The first kappa shape index (κ1) is 15.3. The SMILES string of the molecule is Cc1cccc(-c2nc(CN3CCCC[C@H]3CO)c(C)o2)c1. The molecule has 0 amide bonds. The lowest BCUT2D eigenvalue weighted by Crippen LogP contribution is -2.41. The molecule has 1 aromatic carbocycles. The Bertz CT molecular complexity index is 636. The van der Waals surface area contributed by atoms with E-state index in [0.29, 0.717) is 5.89 Å². The molecule has 2 heterocycles. The van der Waals surface area contributed by atoms with Gasteiger partial charge >= 0.3 is 0 Å². The Morgan fingerprint density at radius 2 is 2.18 bits per heavy atom. The summed E-state index contributed by atoms with van der Waals surface area (Å²) in [5.74, 6) is 1.56. The molecule has 0 bridgehead atoms. The van der Waals surface area contributed by atoms with Gasteiger partial charge < -0.3 is 9.52 Å². The number of nitrogens with zero attached hydrogens (tertiary/aromatic N) is 2. The fraction of sp³-hybridized carbons (Fsp3) is 0.500. The molecule has 22 heavy (non-hydrogen) atoms. The highest BCUT2D eigenvalue weighted by Crippen LogP contribution is 2.25. The lowest BCUT2D eigenvalue weighted by atomic mass is 10.0. The van der Waals surface area contributed by atoms with E-state index in [4.69, 9.17) is 9.40 Å². The molecule has 1 atom stereocenters. The number of aliphatic hydroxyl groups is 1. The second-order valence-corrected chi connectivity index (χ2v) is 6.19. The number of hydrogen-bond donors (Lipinski definition) is 1. The fourth-order valence-corrected chi connectivity index (χ4v) is 3.14. The van der Waals surface area contributed by atoms with E-state index in [9.17, 15) is 5.11 Å². The van der Waals surface area contributed by atoms with Gasteiger partial charge in [0.15, 0.2) is 0 Å². The van der Waals surface area contributed by atoms with Gasteiger partial charge in [-0.2, -0.15) is 0 Å². The van der Waals surface area contributed by atoms with Gasteiger partial charge in [-0.05, 0) is 45.4 Å². The second-order valence-electron chi connectivity index (χ2n) is 6.19. The third kappa shape index (κ3) is 3.23. The number of rotatable bonds is 4. The maximum Gasteiger partial charge on any atom is 0.226 e. The maximum absolute atomic E-state index is 9.54. The zero-order chi connectivity index (χ0) is 15.5. The topological polar surface area (TPSA) is 49.5 Å². The van der Waals surface area contributed by atoms with Gasteiger partial charge in [-0.25, -0.2) is 4.98 Å². The molecule has 4 nitrogen and oxygen atoms in total. The van der Waals surface area contributed by atoms with Gasteiger partial charge in [0.2, 0.25) is 5.89 Å². The smallest absolute Gasteiger partial charge is 0.226 e. The highest BCUT2D eigenvalue weighted by molar-refractivity contribution is 5.54. The minimum Gasteiger partial charge on any atom is -0.441 e. The van der Waals surface area contributed by atoms with Crippen molar-refractivity contribution in [2.75, 3.05) is 13.2 Å². The quantitative estimate of drug-likeness (QED) is 0.941. The molecule has 1 aromatic heterocycles. The lowest BCUT2D eigenvalue weighted by molar-refractivity contribution is 0.0828. The number of hydrogen-bond acceptors (Lipinski definition) is 4. The van der Waals surface area contributed by atoms with Crippen LogP contribution in [-0.4, -0.2) is 34.2 Å². The molecule has 0 radical (unpaired) electrons. The number of piperidine rings is 1. The van der Waals surface area contributed by atoms with Crippen molar-refractivity contribution >= 4 is 0 Å². The fourth-order valence-electron chi connectivity index (χ4n) is 3.14. The molecule has 1 aliphatic heterocycles. The summed E-state index contributed by atoms with van der Waals surface area (Å²) in [6.07, 6.45) is 3.46. The highest BCUT2D eigenvalue weighted by atomic mass is 16.4. The van der Waals surface area contributed by atoms with Crippen LogP contribution in [0.4, 0.5) is 0 Å². The van der Waals surface area contributed by atoms with Crippen LogP contribution < -0.4 is 0 Å². The van der Waals surface area contributed by atoms with E-state index in [1.165, 1.54) is 18.4 Å². The van der Waals surface area contributed by atoms with E-state index in [-0.39, 0.29) is 12.6 Å². The van der Waals surface area contributed by atoms with Crippen molar-refractivity contribution in [1.82, 2.24) is 9.88 Å². The van der Waals surface area contributed by atoms with Crippen molar-refractivity contribution in [3.63, 3.8) is 0 Å². The Morgan fingerprint density at radius 3 is 2.95 bits per heavy atom. The summed E-state index contributed by atoms with van der Waals surface area (Å²) in [4.78, 5) is 7.02. The summed E-state index contributed by atoms with van der Waals surface area (Å²) in [5.41, 5.74) is 3.20. The predicted molar refractivity (Wildman–Crippen MR) is 86.5 cm³/mol. The van der Waals surface area contributed by atoms with Crippen LogP contribution in [-0.2, 0) is 6.54 Å². The number of likely N-dealkylation sites (tertiary alicyclic amines) is 1. The van der Waals surface area contributed by atoms with Gasteiger partial charge in [0.05, 0.1) is 12.3 Å². The summed E-state index contributed by atoms with van der Waals surface area (Å²) < 4.78 is 5.87. The molecule has 0 saturated carbocycles. The average Bonchev–Trinajstić information content (AvgIpc) is 2.89. The second kappa shape index (κ2) is 6.63. The summed E-state index contributed by atoms with van der Waals surface area (Å²) in [5, 5.41) is 9.54. The minimum atomic E-state index is 0.224. The Hall–Kier alpha value is -1.65. The van der Waals surface area contributed by atoms with Crippen LogP contribution in [0, 0.1) is 13.8 Å². The van der Waals surface area contributed by atoms with Crippen LogP contribution in [0.15, 0.2) is 28.7 Å². The van der Waals surface area contributed by atoms with Gasteiger partial charge in [0.25, 0.3) is 0 Å². The summed E-state index contributed by atoms with van der Waals surface area (Å²) >= 11 is 0. The number of oxazole rings is 1. The number of aryl methyl sites for hydroxylation is 2. The Kier molecular flexibility index (Phi) is 4.60. The minimum absolute atomic E-state index is 0.224. The van der Waals surface area contributed by atoms with Gasteiger partial charge in [-0.3, -0.25) is 4.90 Å². The zero-order valence-electron chi connectivity index (χ0n) is 13.4. The molecule has 1 aliphatic rings. The van der Waals surface area contributed by atoms with Crippen LogP contribution in [0.3, 0.4) is 0 Å². The normalized spacial score (nSPS) is 19.5. The van der Waals surface area contributed by atoms with Gasteiger partial charge in [0.1, 0.15) is 5.76 Å². The van der Waals surface area contributed by atoms with E-state index in [1.54, 1.807) is 0 Å². The molecule has 0 aliphatic carbocycles. The van der Waals surface area contributed by atoms with Crippen molar-refractivity contribution in [1.29, 1.82) is 0 Å². The van der Waals surface area contributed by atoms with Crippen LogP contribution in [0.25, 0.3) is 11.5 Å². The first-order valence-electron chi connectivity index (χ1n) is 8.05. The average molecular weight is 300 g/mol. The molecule has 1 N–H and O–H groups in total. The van der Waals surface area contributed by atoms with E-state index in [2.05, 4.69) is 24.0 Å². The predicted octanol–water partition coefficient (Wildman–Crippen LogP) is 3.31. The molecule has 1 fully saturated rings. The van der Waals surface area contributed by atoms with Gasteiger partial charge in [-0.15, -0.1) is 0 Å². The molecule has 118 valence electrons. The van der Waals surface area contributed by atoms with Gasteiger partial charge in [0, 0.05) is 18.2 Å². The zero-order valence-corrected chi connectivity index (χ0v) is 13.4. The number of aromatic nitrogens is 1. The summed E-state index contributed by atoms with van der Waals surface area (Å²) in [6, 6.07) is 8.47. The van der Waals surface area contributed by atoms with Crippen LogP contribution in [0.2, 0.25) is 0 Å². The molecule has 0 spiro atoms. The van der Waals surface area contributed by atoms with Gasteiger partial charge in [-0.1, -0.05) is 24.1 Å².